The van der Waals surface area contributed by atoms with Crippen LogP contribution in [-0.2, 0) is 9.05 Å². The highest BCUT2D eigenvalue weighted by molar-refractivity contribution is 7.40. The monoisotopic (exact) mass is 136 g/mol. The molecule has 0 aromatic heterocycles. The predicted molar refractivity (Wildman–Crippen MR) is 30.3 cm³/mol. The zero-order chi connectivity index (χ0) is 6.20. The standard InChI is InChI=1S/C4H9O3P/c1-4(2)3-6-8(5)7-4/h5H,3H2,1-2H3. The number of hydrogen-bond acceptors (Lipinski definition) is 3. The molecule has 1 aliphatic rings. The summed E-state index contributed by atoms with van der Waals surface area (Å²) in [6.07, 6.45) is 0. The van der Waals surface area contributed by atoms with Gasteiger partial charge in [0.15, 0.2) is 0 Å². The fourth-order valence-corrected chi connectivity index (χ4v) is 1.42. The number of hydrogen-bond donors (Lipinski definition) is 1. The van der Waals surface area contributed by atoms with Crippen LogP contribution in [0.25, 0.3) is 0 Å². The van der Waals surface area contributed by atoms with Crippen LogP contribution in [-0.4, -0.2) is 17.1 Å². The van der Waals surface area contributed by atoms with Gasteiger partial charge in [0.25, 0.3) is 0 Å². The van der Waals surface area contributed by atoms with Crippen molar-refractivity contribution in [2.45, 2.75) is 19.4 Å². The average molecular weight is 136 g/mol. The quantitative estimate of drug-likeness (QED) is 0.505. The summed E-state index contributed by atoms with van der Waals surface area (Å²) >= 11 is 0. The first kappa shape index (κ1) is 6.43. The van der Waals surface area contributed by atoms with Gasteiger partial charge in [-0.25, -0.2) is 0 Å². The van der Waals surface area contributed by atoms with Crippen LogP contribution >= 0.6 is 8.60 Å². The van der Waals surface area contributed by atoms with E-state index in [0.717, 1.165) is 0 Å². The summed E-state index contributed by atoms with van der Waals surface area (Å²) in [5.74, 6) is 0. The van der Waals surface area contributed by atoms with Gasteiger partial charge in [0.2, 0.25) is 0 Å². The van der Waals surface area contributed by atoms with Crippen molar-refractivity contribution in [3.05, 3.63) is 0 Å². The van der Waals surface area contributed by atoms with E-state index in [4.69, 9.17) is 13.9 Å². The lowest BCUT2D eigenvalue weighted by molar-refractivity contribution is 0.137. The van der Waals surface area contributed by atoms with Gasteiger partial charge in [-0.1, -0.05) is 0 Å². The van der Waals surface area contributed by atoms with E-state index in [1.807, 2.05) is 13.8 Å². The minimum absolute atomic E-state index is 0.277. The Kier molecular flexibility index (Phi) is 1.54. The topological polar surface area (TPSA) is 38.7 Å². The molecule has 8 heavy (non-hydrogen) atoms. The molecule has 1 fully saturated rings. The van der Waals surface area contributed by atoms with Crippen molar-refractivity contribution < 1.29 is 13.9 Å². The molecule has 48 valence electrons. The normalized spacial score (nSPS) is 35.6. The van der Waals surface area contributed by atoms with Crippen LogP contribution in [0.3, 0.4) is 0 Å². The Morgan fingerprint density at radius 2 is 2.25 bits per heavy atom. The van der Waals surface area contributed by atoms with Gasteiger partial charge < -0.3 is 13.9 Å². The van der Waals surface area contributed by atoms with Crippen LogP contribution in [0.5, 0.6) is 0 Å². The van der Waals surface area contributed by atoms with Crippen molar-refractivity contribution in [1.29, 1.82) is 0 Å². The Morgan fingerprint density at radius 1 is 1.62 bits per heavy atom. The van der Waals surface area contributed by atoms with Crippen molar-refractivity contribution in [3.8, 4) is 0 Å². The molecule has 1 saturated heterocycles. The molecule has 0 radical (unpaired) electrons. The van der Waals surface area contributed by atoms with Crippen molar-refractivity contribution in [2.24, 2.45) is 0 Å². The maximum atomic E-state index is 8.69. The van der Waals surface area contributed by atoms with Crippen LogP contribution < -0.4 is 0 Å². The van der Waals surface area contributed by atoms with Crippen LogP contribution in [0.4, 0.5) is 0 Å². The smallest absolute Gasteiger partial charge is 0.328 e. The van der Waals surface area contributed by atoms with E-state index in [1.54, 1.807) is 0 Å². The zero-order valence-electron chi connectivity index (χ0n) is 4.92. The minimum Gasteiger partial charge on any atom is -0.328 e. The van der Waals surface area contributed by atoms with E-state index in [-0.39, 0.29) is 5.60 Å². The molecule has 0 aromatic carbocycles. The summed E-state index contributed by atoms with van der Waals surface area (Å²) in [4.78, 5) is 8.69. The lowest BCUT2D eigenvalue weighted by Crippen LogP contribution is -2.20. The third-order valence-corrected chi connectivity index (χ3v) is 1.85. The molecule has 0 aromatic rings. The van der Waals surface area contributed by atoms with Crippen LogP contribution in [0.15, 0.2) is 0 Å². The van der Waals surface area contributed by atoms with E-state index < -0.39 is 8.60 Å². The Bertz CT molecular complexity index is 93.3. The molecule has 1 unspecified atom stereocenters. The van der Waals surface area contributed by atoms with Gasteiger partial charge in [0.1, 0.15) is 0 Å². The van der Waals surface area contributed by atoms with E-state index in [0.29, 0.717) is 6.61 Å². The first-order valence-electron chi connectivity index (χ1n) is 2.41. The third-order valence-electron chi connectivity index (χ3n) is 0.848. The van der Waals surface area contributed by atoms with Gasteiger partial charge in [0.05, 0.1) is 12.2 Å². The van der Waals surface area contributed by atoms with Gasteiger partial charge in [-0.2, -0.15) is 0 Å². The molecule has 4 heteroatoms. The molecule has 1 N–H and O–H groups in total. The van der Waals surface area contributed by atoms with Gasteiger partial charge in [-0.05, 0) is 13.8 Å². The zero-order valence-corrected chi connectivity index (χ0v) is 5.81. The second-order valence-corrected chi connectivity index (χ2v) is 3.28. The molecule has 3 nitrogen and oxygen atoms in total. The largest absolute Gasteiger partial charge is 0.330 e. The molecule has 0 amide bonds. The molecule has 0 aliphatic carbocycles. The lowest BCUT2D eigenvalue weighted by atomic mass is 10.2. The SMILES string of the molecule is CC1(C)COP(O)O1. The summed E-state index contributed by atoms with van der Waals surface area (Å²) in [6, 6.07) is 0. The maximum absolute atomic E-state index is 8.69. The van der Waals surface area contributed by atoms with Crippen molar-refractivity contribution in [2.75, 3.05) is 6.61 Å². The lowest BCUT2D eigenvalue weighted by Gasteiger charge is -2.11. The first-order valence-corrected chi connectivity index (χ1v) is 3.54. The third kappa shape index (κ3) is 1.39. The van der Waals surface area contributed by atoms with Crippen molar-refractivity contribution in [3.63, 3.8) is 0 Å². The van der Waals surface area contributed by atoms with Gasteiger partial charge in [-0.3, -0.25) is 0 Å². The second-order valence-electron chi connectivity index (χ2n) is 2.36. The van der Waals surface area contributed by atoms with E-state index in [9.17, 15) is 0 Å². The molecule has 1 heterocycles. The van der Waals surface area contributed by atoms with Crippen LogP contribution in [0.1, 0.15) is 13.8 Å². The van der Waals surface area contributed by atoms with E-state index >= 15 is 0 Å². The van der Waals surface area contributed by atoms with Crippen LogP contribution in [0.2, 0.25) is 0 Å². The van der Waals surface area contributed by atoms with Crippen molar-refractivity contribution in [1.82, 2.24) is 0 Å². The Balaban J connectivity index is 2.44. The first-order chi connectivity index (χ1) is 3.60. The minimum atomic E-state index is -1.55. The summed E-state index contributed by atoms with van der Waals surface area (Å²) < 4.78 is 9.71. The van der Waals surface area contributed by atoms with Gasteiger partial charge >= 0.3 is 8.60 Å². The summed E-state index contributed by atoms with van der Waals surface area (Å²) in [6.45, 7) is 4.26. The molecule has 0 saturated carbocycles. The predicted octanol–water partition coefficient (Wildman–Crippen LogP) is 1.03. The fraction of sp³-hybridized carbons (Fsp3) is 1.00. The highest BCUT2D eigenvalue weighted by Gasteiger charge is 2.32. The summed E-state index contributed by atoms with van der Waals surface area (Å²) in [5, 5.41) is 0. The van der Waals surface area contributed by atoms with Gasteiger partial charge in [-0.15, -0.1) is 0 Å². The second kappa shape index (κ2) is 1.92. The molecular weight excluding hydrogens is 127 g/mol. The Morgan fingerprint density at radius 3 is 2.38 bits per heavy atom. The summed E-state index contributed by atoms with van der Waals surface area (Å²) in [5.41, 5.74) is -0.277. The van der Waals surface area contributed by atoms with E-state index in [2.05, 4.69) is 0 Å². The molecule has 0 bridgehead atoms. The molecule has 1 atom stereocenters. The summed E-state index contributed by atoms with van der Waals surface area (Å²) in [7, 11) is -1.55. The Hall–Kier alpha value is 0.310. The highest BCUT2D eigenvalue weighted by atomic mass is 31.2. The average Bonchev–Trinajstić information content (AvgIpc) is 1.82. The van der Waals surface area contributed by atoms with Crippen LogP contribution in [0, 0.1) is 0 Å². The molecular formula is C4H9O3P. The van der Waals surface area contributed by atoms with Crippen molar-refractivity contribution >= 4 is 8.60 Å². The molecule has 0 spiro atoms. The number of rotatable bonds is 0. The fourth-order valence-electron chi connectivity index (χ4n) is 0.475. The van der Waals surface area contributed by atoms with E-state index in [1.165, 1.54) is 0 Å². The Labute approximate surface area is 49.6 Å². The molecule has 1 aliphatic heterocycles. The van der Waals surface area contributed by atoms with Gasteiger partial charge in [0, 0.05) is 0 Å². The molecule has 1 rings (SSSR count). The highest BCUT2D eigenvalue weighted by Crippen LogP contribution is 2.45. The maximum Gasteiger partial charge on any atom is 0.330 e.